The number of nitrogens with two attached hydrogens (primary N) is 1. The number of carbonyl (C=O) groups is 1. The third kappa shape index (κ3) is 3.67. The van der Waals surface area contributed by atoms with Crippen molar-refractivity contribution < 1.29 is 4.79 Å². The molecule has 19 heavy (non-hydrogen) atoms. The molecule has 1 amide bonds. The highest BCUT2D eigenvalue weighted by Crippen LogP contribution is 2.23. The average molecular weight is 263 g/mol. The Bertz CT molecular complexity index is 484. The molecule has 3 N–H and O–H groups in total. The first-order valence-corrected chi connectivity index (χ1v) is 6.85. The summed E-state index contributed by atoms with van der Waals surface area (Å²) in [5.74, 6) is 0.254. The fourth-order valence-corrected chi connectivity index (χ4v) is 2.68. The molecule has 5 heteroatoms. The van der Waals surface area contributed by atoms with Crippen molar-refractivity contribution >= 4 is 5.91 Å². The molecule has 1 heterocycles. The third-order valence-corrected chi connectivity index (χ3v) is 3.77. The first-order valence-electron chi connectivity index (χ1n) is 6.85. The normalized spacial score (nSPS) is 23.0. The summed E-state index contributed by atoms with van der Waals surface area (Å²) in [7, 11) is 0. The minimum Gasteiger partial charge on any atom is -0.351 e. The zero-order chi connectivity index (χ0) is 13.7. The van der Waals surface area contributed by atoms with Gasteiger partial charge in [0.15, 0.2) is 0 Å². The molecule has 1 aliphatic rings. The van der Waals surface area contributed by atoms with Crippen LogP contribution in [-0.2, 0) is 11.3 Å². The number of hydrogen-bond donors (Lipinski definition) is 2. The van der Waals surface area contributed by atoms with E-state index in [2.05, 4.69) is 5.32 Å². The molecule has 1 saturated carbocycles. The maximum atomic E-state index is 12.0. The molecule has 0 bridgehead atoms. The van der Waals surface area contributed by atoms with Crippen molar-refractivity contribution in [2.24, 2.45) is 11.7 Å². The van der Waals surface area contributed by atoms with Gasteiger partial charge in [0.05, 0.1) is 0 Å². The Morgan fingerprint density at radius 2 is 2.16 bits per heavy atom. The molecule has 1 aromatic heterocycles. The van der Waals surface area contributed by atoms with Gasteiger partial charge in [-0.3, -0.25) is 9.59 Å². The highest BCUT2D eigenvalue weighted by atomic mass is 16.2. The topological polar surface area (TPSA) is 77.1 Å². The van der Waals surface area contributed by atoms with Crippen molar-refractivity contribution in [3.05, 3.63) is 34.7 Å². The molecule has 0 radical (unpaired) electrons. The number of hydrogen-bond acceptors (Lipinski definition) is 3. The average Bonchev–Trinajstić information content (AvgIpc) is 2.42. The molecule has 104 valence electrons. The van der Waals surface area contributed by atoms with Gasteiger partial charge in [-0.05, 0) is 31.4 Å². The summed E-state index contributed by atoms with van der Waals surface area (Å²) >= 11 is 0. The minimum absolute atomic E-state index is 0.0768. The van der Waals surface area contributed by atoms with Gasteiger partial charge in [-0.15, -0.1) is 0 Å². The second-order valence-electron chi connectivity index (χ2n) is 5.12. The highest BCUT2D eigenvalue weighted by molar-refractivity contribution is 5.76. The van der Waals surface area contributed by atoms with Crippen LogP contribution in [0.3, 0.4) is 0 Å². The summed E-state index contributed by atoms with van der Waals surface area (Å²) in [5.41, 5.74) is 5.58. The van der Waals surface area contributed by atoms with Gasteiger partial charge in [-0.2, -0.15) is 0 Å². The Morgan fingerprint density at radius 1 is 1.37 bits per heavy atom. The smallest absolute Gasteiger partial charge is 0.250 e. The molecule has 0 spiro atoms. The number of rotatable bonds is 4. The van der Waals surface area contributed by atoms with E-state index >= 15 is 0 Å². The number of amides is 1. The highest BCUT2D eigenvalue weighted by Gasteiger charge is 2.25. The van der Waals surface area contributed by atoms with E-state index in [4.69, 9.17) is 5.73 Å². The van der Waals surface area contributed by atoms with E-state index in [1.54, 1.807) is 18.3 Å². The van der Waals surface area contributed by atoms with Crippen LogP contribution >= 0.6 is 0 Å². The van der Waals surface area contributed by atoms with Gasteiger partial charge in [-0.25, -0.2) is 0 Å². The van der Waals surface area contributed by atoms with E-state index in [-0.39, 0.29) is 24.1 Å². The van der Waals surface area contributed by atoms with Gasteiger partial charge in [0.2, 0.25) is 5.91 Å². The maximum absolute atomic E-state index is 12.0. The number of carbonyl (C=O) groups excluding carboxylic acids is 1. The number of aromatic nitrogens is 1. The summed E-state index contributed by atoms with van der Waals surface area (Å²) in [6, 6.07) is 5.03. The lowest BCUT2D eigenvalue weighted by Gasteiger charge is -2.31. The van der Waals surface area contributed by atoms with Gasteiger partial charge in [0.1, 0.15) is 6.54 Å². The van der Waals surface area contributed by atoms with Crippen LogP contribution in [0, 0.1) is 5.92 Å². The second-order valence-corrected chi connectivity index (χ2v) is 5.12. The Morgan fingerprint density at radius 3 is 2.89 bits per heavy atom. The number of nitrogens with one attached hydrogen (secondary N) is 1. The van der Waals surface area contributed by atoms with Gasteiger partial charge < -0.3 is 15.6 Å². The number of pyridine rings is 1. The van der Waals surface area contributed by atoms with E-state index in [0.29, 0.717) is 12.5 Å². The lowest BCUT2D eigenvalue weighted by atomic mass is 9.84. The molecule has 2 rings (SSSR count). The molecule has 0 saturated heterocycles. The molecule has 2 atom stereocenters. The summed E-state index contributed by atoms with van der Waals surface area (Å²) in [6.07, 6.45) is 6.01. The molecule has 2 unspecified atom stereocenters. The maximum Gasteiger partial charge on any atom is 0.250 e. The minimum atomic E-state index is -0.156. The van der Waals surface area contributed by atoms with E-state index in [1.807, 2.05) is 0 Å². The van der Waals surface area contributed by atoms with E-state index in [9.17, 15) is 9.59 Å². The first kappa shape index (κ1) is 13.8. The van der Waals surface area contributed by atoms with Crippen LogP contribution in [0.1, 0.15) is 25.7 Å². The van der Waals surface area contributed by atoms with Crippen LogP contribution in [0.15, 0.2) is 29.2 Å². The Kier molecular flexibility index (Phi) is 4.74. The quantitative estimate of drug-likeness (QED) is 0.829. The van der Waals surface area contributed by atoms with Gasteiger partial charge in [-0.1, -0.05) is 18.9 Å². The summed E-state index contributed by atoms with van der Waals surface area (Å²) in [6.45, 7) is 0.684. The van der Waals surface area contributed by atoms with Crippen LogP contribution in [0.2, 0.25) is 0 Å². The predicted octanol–water partition coefficient (Wildman–Crippen LogP) is 0.482. The molecular formula is C14H21N3O2. The predicted molar refractivity (Wildman–Crippen MR) is 73.6 cm³/mol. The van der Waals surface area contributed by atoms with Crippen molar-refractivity contribution in [3.8, 4) is 0 Å². The first-order chi connectivity index (χ1) is 9.20. The van der Waals surface area contributed by atoms with Gasteiger partial charge in [0, 0.05) is 18.3 Å². The van der Waals surface area contributed by atoms with Crippen LogP contribution < -0.4 is 16.6 Å². The lowest BCUT2D eigenvalue weighted by Crippen LogP contribution is -2.46. The molecule has 1 aromatic rings. The fraction of sp³-hybridized carbons (Fsp3) is 0.571. The van der Waals surface area contributed by atoms with Crippen LogP contribution in [0.4, 0.5) is 0 Å². The summed E-state index contributed by atoms with van der Waals surface area (Å²) in [4.78, 5) is 23.5. The largest absolute Gasteiger partial charge is 0.351 e. The zero-order valence-corrected chi connectivity index (χ0v) is 11.0. The molecule has 0 aliphatic heterocycles. The van der Waals surface area contributed by atoms with Crippen molar-refractivity contribution in [1.29, 1.82) is 0 Å². The van der Waals surface area contributed by atoms with Crippen LogP contribution in [-0.4, -0.2) is 23.1 Å². The number of nitrogens with zero attached hydrogens (tertiary/aromatic N) is 1. The molecule has 1 aliphatic carbocycles. The second kappa shape index (κ2) is 6.52. The molecule has 0 aromatic carbocycles. The summed E-state index contributed by atoms with van der Waals surface area (Å²) in [5, 5.41) is 3.02. The molecule has 5 nitrogen and oxygen atoms in total. The van der Waals surface area contributed by atoms with Crippen molar-refractivity contribution in [2.45, 2.75) is 38.3 Å². The Hall–Kier alpha value is -1.62. The third-order valence-electron chi connectivity index (χ3n) is 3.77. The monoisotopic (exact) mass is 263 g/mol. The zero-order valence-electron chi connectivity index (χ0n) is 11.0. The molecular weight excluding hydrogens is 242 g/mol. The van der Waals surface area contributed by atoms with E-state index < -0.39 is 0 Å². The molecule has 1 fully saturated rings. The summed E-state index contributed by atoms with van der Waals surface area (Å²) < 4.78 is 1.41. The lowest BCUT2D eigenvalue weighted by molar-refractivity contribution is -0.123. The van der Waals surface area contributed by atoms with E-state index in [0.717, 1.165) is 19.3 Å². The van der Waals surface area contributed by atoms with Crippen molar-refractivity contribution in [2.75, 3.05) is 6.54 Å². The Balaban J connectivity index is 1.94. The SMILES string of the molecule is NCC1CCCCC1NC(=O)Cn1ccccc1=O. The van der Waals surface area contributed by atoms with Gasteiger partial charge >= 0.3 is 0 Å². The van der Waals surface area contributed by atoms with E-state index in [1.165, 1.54) is 17.1 Å². The van der Waals surface area contributed by atoms with Crippen LogP contribution in [0.5, 0.6) is 0 Å². The van der Waals surface area contributed by atoms with Crippen LogP contribution in [0.25, 0.3) is 0 Å². The Labute approximate surface area is 112 Å². The van der Waals surface area contributed by atoms with Crippen molar-refractivity contribution in [1.82, 2.24) is 9.88 Å². The van der Waals surface area contributed by atoms with Crippen molar-refractivity contribution in [3.63, 3.8) is 0 Å². The fourth-order valence-electron chi connectivity index (χ4n) is 2.68. The standard InChI is InChI=1S/C14H21N3O2/c15-9-11-5-1-2-6-12(11)16-13(18)10-17-8-4-3-7-14(17)19/h3-4,7-8,11-12H,1-2,5-6,9-10,15H2,(H,16,18). The van der Waals surface area contributed by atoms with Gasteiger partial charge in [0.25, 0.3) is 5.56 Å².